The maximum Gasteiger partial charge on any atom is 0.306 e. The monoisotopic (exact) mass is 1430 g/mol. The number of benzene rings is 4. The zero-order valence-corrected chi connectivity index (χ0v) is 57.2. The molecule has 7 aliphatic rings. The number of nitrogens with zero attached hydrogens (tertiary/aromatic N) is 6. The van der Waals surface area contributed by atoms with Gasteiger partial charge in [-0.2, -0.15) is 0 Å². The van der Waals surface area contributed by atoms with Crippen LogP contribution in [0.2, 0.25) is 0 Å². The molecule has 4 aliphatic carbocycles. The molecule has 0 atom stereocenters. The molecule has 8 N–H and O–H groups in total. The number of carbonyl (C=O) groups is 9. The largest absolute Gasteiger partial charge is 0.481 e. The molecule has 3 saturated heterocycles. The minimum atomic E-state index is -0.813. The Morgan fingerprint density at radius 1 is 0.438 bits per heavy atom. The van der Waals surface area contributed by atoms with Gasteiger partial charge in [-0.1, -0.05) is 142 Å². The Hall–Kier alpha value is -11.5. The van der Waals surface area contributed by atoms with Gasteiger partial charge in [0.2, 0.25) is 52.4 Å². The van der Waals surface area contributed by atoms with Crippen molar-refractivity contribution >= 4 is 52.9 Å². The Balaban J connectivity index is 0.000000128. The fraction of sp³-hybridized carbons (Fsp3) is 0.373. The molecule has 0 radical (unpaired) electrons. The number of hydrazine groups is 1. The van der Waals surface area contributed by atoms with E-state index < -0.39 is 5.97 Å². The summed E-state index contributed by atoms with van der Waals surface area (Å²) in [6.45, 7) is 5.15. The molecule has 7 fully saturated rings. The van der Waals surface area contributed by atoms with Gasteiger partial charge in [-0.25, -0.2) is 5.84 Å². The van der Waals surface area contributed by atoms with E-state index in [1.165, 1.54) is 0 Å². The van der Waals surface area contributed by atoms with Gasteiger partial charge < -0.3 is 63.1 Å². The fourth-order valence-corrected chi connectivity index (χ4v) is 12.0. The van der Waals surface area contributed by atoms with Crippen LogP contribution >= 0.6 is 0 Å². The van der Waals surface area contributed by atoms with Gasteiger partial charge in [0.15, 0.2) is 5.78 Å². The zero-order chi connectivity index (χ0) is 73.3. The van der Waals surface area contributed by atoms with E-state index in [1.54, 1.807) is 31.2 Å². The van der Waals surface area contributed by atoms with Crippen LogP contribution in [0.15, 0.2) is 168 Å². The van der Waals surface area contributed by atoms with Crippen molar-refractivity contribution in [1.82, 2.24) is 57.5 Å². The summed E-state index contributed by atoms with van der Waals surface area (Å²) in [4.78, 5) is 105. The van der Waals surface area contributed by atoms with Crippen LogP contribution in [0.25, 0.3) is 45.0 Å². The van der Waals surface area contributed by atoms with Crippen LogP contribution in [0.3, 0.4) is 0 Å². The molecule has 4 aromatic carbocycles. The summed E-state index contributed by atoms with van der Waals surface area (Å²) in [6, 6.07) is 44.3. The Morgan fingerprint density at radius 3 is 1.14 bits per heavy atom. The van der Waals surface area contributed by atoms with E-state index in [9.17, 15) is 43.2 Å². The number of aromatic nitrogens is 6. The second-order valence-electron chi connectivity index (χ2n) is 26.8. The van der Waals surface area contributed by atoms with Crippen LogP contribution in [0, 0.1) is 35.5 Å². The predicted octanol–water partition coefficient (Wildman–Crippen LogP) is 7.78. The number of Topliss-reactive ketones (excluding diaryl/α,β-unsaturated/α-hetero) is 3. The van der Waals surface area contributed by atoms with Crippen molar-refractivity contribution in [3.8, 4) is 45.0 Å². The Labute approximate surface area is 600 Å². The number of carbonyl (C=O) groups excluding carboxylic acids is 8. The summed E-state index contributed by atoms with van der Waals surface area (Å²) in [7, 11) is 0. The average molecular weight is 1440 g/mol. The summed E-state index contributed by atoms with van der Waals surface area (Å²) in [5, 5.41) is 43.9. The molecule has 8 heterocycles. The highest BCUT2D eigenvalue weighted by molar-refractivity contribution is 5.96. The number of aliphatic carboxylic acids is 1. The normalized spacial score (nSPS) is 21.1. The maximum absolute atomic E-state index is 12.5. The highest BCUT2D eigenvalue weighted by Crippen LogP contribution is 2.44. The second-order valence-corrected chi connectivity index (χ2v) is 26.8. The molecule has 9 aromatic rings. The van der Waals surface area contributed by atoms with Gasteiger partial charge in [0, 0.05) is 88.8 Å². The number of amides is 5. The van der Waals surface area contributed by atoms with Gasteiger partial charge in [-0.05, 0) is 64.2 Å². The number of rotatable bonds is 22. The SMILES string of the molecule is CC(=O)C1COC1.NNC(=O)C1CC(NC(=O)c2cc(-c3ccccc3)no2)C1.O=C(CC1CC(c2nnc(C3COC3)o2)C1)c1cc(-c2ccccc2)no1.O=C(NC1CC(C(=O)NCC(=O)C2COC2)C1)c1cc(-c2ccccc2)no1.O=C(NC1CC(C(=O)O)C1)c1cc(-c2ccccc2)no1. The lowest BCUT2D eigenvalue weighted by molar-refractivity contribution is -0.145. The second kappa shape index (κ2) is 34.7. The molecule has 5 aromatic heterocycles. The molecule has 0 unspecified atom stereocenters. The molecular formula is C75H78N12O18. The first-order valence-corrected chi connectivity index (χ1v) is 34.6. The molecule has 105 heavy (non-hydrogen) atoms. The summed E-state index contributed by atoms with van der Waals surface area (Å²) < 4.78 is 41.2. The quantitative estimate of drug-likeness (QED) is 0.0147. The minimum absolute atomic E-state index is 0.00307. The molecule has 0 spiro atoms. The van der Waals surface area contributed by atoms with E-state index in [-0.39, 0.29) is 130 Å². The molecule has 5 amide bonds. The van der Waals surface area contributed by atoms with Crippen molar-refractivity contribution in [2.45, 2.75) is 94.7 Å². The molecule has 16 rings (SSSR count). The highest BCUT2D eigenvalue weighted by atomic mass is 16.5. The van der Waals surface area contributed by atoms with Crippen LogP contribution in [0.5, 0.6) is 0 Å². The molecule has 30 heteroatoms. The number of hydrogen-bond donors (Lipinski definition) is 7. The number of nitrogens with one attached hydrogen (secondary N) is 5. The van der Waals surface area contributed by atoms with E-state index in [1.807, 2.05) is 121 Å². The Kier molecular flexibility index (Phi) is 24.2. The highest BCUT2D eigenvalue weighted by Gasteiger charge is 2.40. The third-order valence-corrected chi connectivity index (χ3v) is 19.2. The predicted molar refractivity (Wildman–Crippen MR) is 369 cm³/mol. The first-order valence-electron chi connectivity index (χ1n) is 34.6. The summed E-state index contributed by atoms with van der Waals surface area (Å²) in [5.74, 6) is 5.49. The Bertz CT molecular complexity index is 4450. The number of carboxylic acids is 1. The van der Waals surface area contributed by atoms with Gasteiger partial charge in [-0.15, -0.1) is 10.2 Å². The third kappa shape index (κ3) is 19.2. The number of ether oxygens (including phenoxy) is 3. The van der Waals surface area contributed by atoms with E-state index in [4.69, 9.17) is 47.7 Å². The Morgan fingerprint density at radius 2 is 0.800 bits per heavy atom. The lowest BCUT2D eigenvalue weighted by Gasteiger charge is -2.34. The molecule has 30 nitrogen and oxygen atoms in total. The van der Waals surface area contributed by atoms with E-state index in [2.05, 4.69) is 57.5 Å². The van der Waals surface area contributed by atoms with E-state index in [0.717, 1.165) is 35.1 Å². The fourth-order valence-electron chi connectivity index (χ4n) is 12.0. The first kappa shape index (κ1) is 73.3. The van der Waals surface area contributed by atoms with Crippen molar-refractivity contribution < 1.29 is 85.0 Å². The van der Waals surface area contributed by atoms with E-state index >= 15 is 0 Å². The van der Waals surface area contributed by atoms with Gasteiger partial charge in [0.1, 0.15) is 28.6 Å². The van der Waals surface area contributed by atoms with Crippen molar-refractivity contribution in [2.24, 2.45) is 41.4 Å². The number of ketones is 3. The zero-order valence-electron chi connectivity index (χ0n) is 57.2. The summed E-state index contributed by atoms with van der Waals surface area (Å²) in [6.07, 6.45) is 5.38. The lowest BCUT2D eigenvalue weighted by atomic mass is 9.72. The number of hydrogen-bond acceptors (Lipinski definition) is 24. The standard InChI is InChI=1S/C20H21N3O5.C20H19N3O4.C15H16N4O3.C15H14N2O4.C5H8O2/c24-17(14-10-27-11-14)9-21-19(25)13-6-15(7-13)22-20(26)18-8-16(23-28-18)12-4-2-1-3-5-12;24-17(18-9-16(23-27-18)13-4-2-1-3-5-13)8-12-6-14(7-12)19-21-22-20(26-19)15-10-25-11-15;16-18-14(20)10-6-11(7-10)17-15(21)13-8-12(19-22-13)9-4-2-1-3-5-9;18-14(16-11-6-10(7-11)15(19)20)13-8-12(17-21-13)9-4-2-1-3-5-9;1-4(6)5-2-7-3-5/h1-5,8,13-15H,6-7,9-11H2,(H,21,25)(H,22,26);1-5,9,12,14-15H,6-8,10-11H2;1-5,8,10-11H,6-7,16H2,(H,17,21)(H,18,20);1-5,8,10-11H,6-7H2,(H,16,18)(H,19,20);5H,2-3H2,1H3. The molecule has 3 aliphatic heterocycles. The lowest BCUT2D eigenvalue weighted by Crippen LogP contribution is -2.50. The molecule has 0 bridgehead atoms. The van der Waals surface area contributed by atoms with Crippen LogP contribution < -0.4 is 32.5 Å². The van der Waals surface area contributed by atoms with Gasteiger partial charge in [0.05, 0.1) is 69.9 Å². The molecular weight excluding hydrogens is 1360 g/mol. The maximum atomic E-state index is 12.5. The number of carboxylic acid groups (broad SMARTS) is 1. The van der Waals surface area contributed by atoms with Gasteiger partial charge in [0.25, 0.3) is 17.7 Å². The minimum Gasteiger partial charge on any atom is -0.481 e. The van der Waals surface area contributed by atoms with Crippen LogP contribution in [-0.4, -0.2) is 153 Å². The first-order chi connectivity index (χ1) is 51.0. The van der Waals surface area contributed by atoms with Crippen molar-refractivity contribution in [1.29, 1.82) is 0 Å². The van der Waals surface area contributed by atoms with Crippen LogP contribution in [0.4, 0.5) is 0 Å². The molecule has 546 valence electrons. The summed E-state index contributed by atoms with van der Waals surface area (Å²) in [5.41, 5.74) is 8.16. The van der Waals surface area contributed by atoms with Crippen molar-refractivity contribution in [3.63, 3.8) is 0 Å². The molecule has 4 saturated carbocycles. The third-order valence-electron chi connectivity index (χ3n) is 19.2. The van der Waals surface area contributed by atoms with Crippen LogP contribution in [0.1, 0.15) is 131 Å². The van der Waals surface area contributed by atoms with Crippen molar-refractivity contribution in [2.75, 3.05) is 46.2 Å². The van der Waals surface area contributed by atoms with Gasteiger partial charge >= 0.3 is 5.97 Å². The summed E-state index contributed by atoms with van der Waals surface area (Å²) >= 11 is 0. The smallest absolute Gasteiger partial charge is 0.306 e. The van der Waals surface area contributed by atoms with Crippen molar-refractivity contribution in [3.05, 3.63) is 180 Å². The number of nitrogens with two attached hydrogens (primary N) is 1. The van der Waals surface area contributed by atoms with Crippen LogP contribution in [-0.2, 0) is 38.2 Å². The van der Waals surface area contributed by atoms with E-state index in [0.29, 0.717) is 131 Å². The topological polar surface area (TPSA) is 431 Å². The van der Waals surface area contributed by atoms with Gasteiger partial charge in [-0.3, -0.25) is 48.6 Å². The average Bonchev–Trinajstić information content (AvgIpc) is 1.67.